The Morgan fingerprint density at radius 1 is 0.267 bits per heavy atom. The first kappa shape index (κ1) is 30.2. The molecule has 224 valence electrons. The fraction of sp³-hybridized carbons (Fsp3) is 0.182. The van der Waals surface area contributed by atoms with Crippen LogP contribution in [0.3, 0.4) is 0 Å². The zero-order valence-electron chi connectivity index (χ0n) is 26.1. The van der Waals surface area contributed by atoms with Gasteiger partial charge in [-0.3, -0.25) is 0 Å². The van der Waals surface area contributed by atoms with Crippen LogP contribution in [0.15, 0.2) is 158 Å². The third-order valence-electron chi connectivity index (χ3n) is 8.74. The maximum absolute atomic E-state index is 7.00. The van der Waals surface area contributed by atoms with Crippen molar-refractivity contribution in [3.63, 3.8) is 0 Å². The lowest BCUT2D eigenvalue weighted by atomic mass is 9.93. The normalized spacial score (nSPS) is 10.9. The van der Waals surface area contributed by atoms with Crippen molar-refractivity contribution in [2.45, 2.75) is 51.4 Å². The summed E-state index contributed by atoms with van der Waals surface area (Å²) in [5.74, 6) is 1.97. The van der Waals surface area contributed by atoms with Gasteiger partial charge in [-0.15, -0.1) is 0 Å². The van der Waals surface area contributed by atoms with Crippen molar-refractivity contribution in [1.82, 2.24) is 0 Å². The molecule has 6 aromatic carbocycles. The topological polar surface area (TPSA) is 9.23 Å². The molecule has 1 heteroatoms. The molecule has 0 spiro atoms. The second kappa shape index (κ2) is 15.7. The van der Waals surface area contributed by atoms with Gasteiger partial charge in [0.25, 0.3) is 0 Å². The van der Waals surface area contributed by atoms with Crippen LogP contribution >= 0.6 is 0 Å². The fourth-order valence-corrected chi connectivity index (χ4v) is 6.24. The number of benzene rings is 6. The third-order valence-corrected chi connectivity index (χ3v) is 8.74. The first-order valence-electron chi connectivity index (χ1n) is 16.4. The lowest BCUT2D eigenvalue weighted by molar-refractivity contribution is 0.467. The van der Waals surface area contributed by atoms with E-state index in [-0.39, 0.29) is 0 Å². The molecule has 0 heterocycles. The first-order valence-corrected chi connectivity index (χ1v) is 16.4. The summed E-state index contributed by atoms with van der Waals surface area (Å²) in [6.45, 7) is 0. The number of aryl methyl sites for hydroxylation is 6. The molecule has 0 aliphatic heterocycles. The summed E-state index contributed by atoms with van der Waals surface area (Å²) >= 11 is 0. The summed E-state index contributed by atoms with van der Waals surface area (Å²) in [5, 5.41) is 0. The molecule has 0 atom stereocenters. The van der Waals surface area contributed by atoms with Crippen LogP contribution in [0.25, 0.3) is 0 Å². The second-order valence-corrected chi connectivity index (χ2v) is 11.8. The van der Waals surface area contributed by atoms with Crippen molar-refractivity contribution in [1.29, 1.82) is 0 Å². The molecule has 0 saturated heterocycles. The summed E-state index contributed by atoms with van der Waals surface area (Å²) in [7, 11) is 0. The van der Waals surface area contributed by atoms with E-state index in [1.165, 1.54) is 44.5 Å². The third kappa shape index (κ3) is 8.61. The van der Waals surface area contributed by atoms with Gasteiger partial charge < -0.3 is 4.74 Å². The summed E-state index contributed by atoms with van der Waals surface area (Å²) < 4.78 is 7.00. The highest BCUT2D eigenvalue weighted by molar-refractivity contribution is 5.48. The highest BCUT2D eigenvalue weighted by Crippen LogP contribution is 2.34. The van der Waals surface area contributed by atoms with E-state index in [2.05, 4.69) is 158 Å². The van der Waals surface area contributed by atoms with Gasteiger partial charge in [-0.25, -0.2) is 0 Å². The second-order valence-electron chi connectivity index (χ2n) is 11.8. The minimum atomic E-state index is 0.942. The molecule has 0 bridgehead atoms. The molecule has 45 heavy (non-hydrogen) atoms. The molecule has 0 aliphatic carbocycles. The quantitative estimate of drug-likeness (QED) is 0.123. The smallest absolute Gasteiger partial charge is 0.130 e. The summed E-state index contributed by atoms with van der Waals surface area (Å²) in [6.07, 6.45) is 7.86. The van der Waals surface area contributed by atoms with Crippen LogP contribution < -0.4 is 4.74 Å². The Morgan fingerprint density at radius 3 is 0.911 bits per heavy atom. The number of hydrogen-bond donors (Lipinski definition) is 0. The van der Waals surface area contributed by atoms with Gasteiger partial charge in [0.1, 0.15) is 11.5 Å². The standard InChI is InChI=1S/C44H42O/c1-5-15-35(16-6-1)27-31-39-23-13-25-43(41(39)33-29-37-19-9-3-10-20-37)45-44-26-14-24-40(32-28-36-17-7-2-8-18-36)42(44)34-30-38-21-11-4-12-22-38/h1-26H,27-34H2. The summed E-state index contributed by atoms with van der Waals surface area (Å²) in [4.78, 5) is 0. The van der Waals surface area contributed by atoms with Gasteiger partial charge in [0.05, 0.1) is 0 Å². The average Bonchev–Trinajstić information content (AvgIpc) is 3.10. The highest BCUT2D eigenvalue weighted by Gasteiger charge is 2.16. The fourth-order valence-electron chi connectivity index (χ4n) is 6.24. The maximum Gasteiger partial charge on any atom is 0.130 e. The van der Waals surface area contributed by atoms with Crippen molar-refractivity contribution in [3.05, 3.63) is 202 Å². The van der Waals surface area contributed by atoms with E-state index in [9.17, 15) is 0 Å². The Balaban J connectivity index is 1.31. The molecular weight excluding hydrogens is 544 g/mol. The lowest BCUT2D eigenvalue weighted by Gasteiger charge is -2.20. The van der Waals surface area contributed by atoms with E-state index in [1.807, 2.05) is 0 Å². The van der Waals surface area contributed by atoms with Crippen LogP contribution in [0.2, 0.25) is 0 Å². The molecule has 0 N–H and O–H groups in total. The van der Waals surface area contributed by atoms with Crippen LogP contribution in [0.1, 0.15) is 44.5 Å². The Labute approximate surface area is 269 Å². The van der Waals surface area contributed by atoms with Crippen LogP contribution in [0, 0.1) is 0 Å². The van der Waals surface area contributed by atoms with Crippen LogP contribution in [0.5, 0.6) is 11.5 Å². The van der Waals surface area contributed by atoms with Crippen LogP contribution in [0.4, 0.5) is 0 Å². The van der Waals surface area contributed by atoms with E-state index >= 15 is 0 Å². The van der Waals surface area contributed by atoms with Gasteiger partial charge in [0.2, 0.25) is 0 Å². The largest absolute Gasteiger partial charge is 0.457 e. The molecular formula is C44H42O. The van der Waals surface area contributed by atoms with Crippen LogP contribution in [-0.2, 0) is 51.4 Å². The molecule has 6 rings (SSSR count). The van der Waals surface area contributed by atoms with Crippen molar-refractivity contribution in [3.8, 4) is 11.5 Å². The number of rotatable bonds is 14. The minimum absolute atomic E-state index is 0.942. The van der Waals surface area contributed by atoms with E-state index in [4.69, 9.17) is 4.74 Å². The Morgan fingerprint density at radius 2 is 0.578 bits per heavy atom. The summed E-state index contributed by atoms with van der Waals surface area (Å²) in [5.41, 5.74) is 10.8. The minimum Gasteiger partial charge on any atom is -0.457 e. The van der Waals surface area contributed by atoms with Gasteiger partial charge >= 0.3 is 0 Å². The maximum atomic E-state index is 7.00. The zero-order valence-corrected chi connectivity index (χ0v) is 26.1. The Bertz CT molecular complexity index is 1610. The molecule has 0 aromatic heterocycles. The van der Waals surface area contributed by atoms with Crippen LogP contribution in [-0.4, -0.2) is 0 Å². The van der Waals surface area contributed by atoms with Gasteiger partial charge in [0.15, 0.2) is 0 Å². The van der Waals surface area contributed by atoms with Gasteiger partial charge in [-0.05, 0) is 108 Å². The molecule has 0 radical (unpaired) electrons. The predicted molar refractivity (Wildman–Crippen MR) is 188 cm³/mol. The van der Waals surface area contributed by atoms with Gasteiger partial charge in [-0.2, -0.15) is 0 Å². The highest BCUT2D eigenvalue weighted by atomic mass is 16.5. The van der Waals surface area contributed by atoms with E-state index in [0.717, 1.165) is 62.9 Å². The number of hydrogen-bond acceptors (Lipinski definition) is 1. The molecule has 0 unspecified atom stereocenters. The molecule has 0 fully saturated rings. The average molecular weight is 587 g/mol. The molecule has 0 amide bonds. The lowest BCUT2D eigenvalue weighted by Crippen LogP contribution is -2.05. The van der Waals surface area contributed by atoms with Gasteiger partial charge in [-0.1, -0.05) is 146 Å². The molecule has 0 saturated carbocycles. The van der Waals surface area contributed by atoms with Crippen molar-refractivity contribution in [2.24, 2.45) is 0 Å². The molecule has 6 aromatic rings. The van der Waals surface area contributed by atoms with E-state index in [1.54, 1.807) is 0 Å². The summed E-state index contributed by atoms with van der Waals surface area (Å²) in [6, 6.07) is 56.5. The first-order chi connectivity index (χ1) is 22.3. The predicted octanol–water partition coefficient (Wildman–Crippen LogP) is 10.6. The van der Waals surface area contributed by atoms with Crippen molar-refractivity contribution in [2.75, 3.05) is 0 Å². The zero-order chi connectivity index (χ0) is 30.5. The SMILES string of the molecule is c1ccc(CCc2cccc(Oc3cccc(CCc4ccccc4)c3CCc3ccccc3)c2CCc2ccccc2)cc1. The Hall–Kier alpha value is -4.88. The van der Waals surface area contributed by atoms with Gasteiger partial charge in [0, 0.05) is 0 Å². The van der Waals surface area contributed by atoms with Crippen molar-refractivity contribution < 1.29 is 4.74 Å². The molecule has 0 aliphatic rings. The van der Waals surface area contributed by atoms with E-state index < -0.39 is 0 Å². The van der Waals surface area contributed by atoms with E-state index in [0.29, 0.717) is 0 Å². The molecule has 1 nitrogen and oxygen atoms in total. The Kier molecular flexibility index (Phi) is 10.5. The monoisotopic (exact) mass is 586 g/mol. The van der Waals surface area contributed by atoms with Crippen molar-refractivity contribution >= 4 is 0 Å². The number of ether oxygens (including phenoxy) is 1.